The summed E-state index contributed by atoms with van der Waals surface area (Å²) in [7, 11) is 3.93. The number of nitrogens with two attached hydrogens (primary N) is 1. The van der Waals surface area contributed by atoms with E-state index in [0.717, 1.165) is 16.1 Å². The Morgan fingerprint density at radius 2 is 2.06 bits per heavy atom. The van der Waals surface area contributed by atoms with Crippen molar-refractivity contribution >= 4 is 16.3 Å². The Hall–Kier alpha value is -1.40. The molecule has 6 heteroatoms. The third-order valence-corrected chi connectivity index (χ3v) is 3.59. The van der Waals surface area contributed by atoms with Crippen molar-refractivity contribution in [1.29, 1.82) is 0 Å². The standard InChI is InChI=1S/C11H16N4OS/c1-6-7(2)17-10(12)9(6)11-13-8(14-16-11)5-15(3)4/h5,12H2,1-4H3. The van der Waals surface area contributed by atoms with Crippen LogP contribution in [0.5, 0.6) is 0 Å². The van der Waals surface area contributed by atoms with E-state index in [1.165, 1.54) is 4.88 Å². The summed E-state index contributed by atoms with van der Waals surface area (Å²) in [5, 5.41) is 4.68. The van der Waals surface area contributed by atoms with Gasteiger partial charge in [0.25, 0.3) is 5.89 Å². The zero-order chi connectivity index (χ0) is 12.6. The van der Waals surface area contributed by atoms with E-state index >= 15 is 0 Å². The van der Waals surface area contributed by atoms with Crippen LogP contribution < -0.4 is 5.73 Å². The molecule has 0 saturated carbocycles. The van der Waals surface area contributed by atoms with E-state index in [4.69, 9.17) is 10.3 Å². The van der Waals surface area contributed by atoms with Gasteiger partial charge >= 0.3 is 0 Å². The summed E-state index contributed by atoms with van der Waals surface area (Å²) in [6.07, 6.45) is 0. The van der Waals surface area contributed by atoms with Gasteiger partial charge in [-0.25, -0.2) is 0 Å². The zero-order valence-corrected chi connectivity index (χ0v) is 11.3. The zero-order valence-electron chi connectivity index (χ0n) is 10.4. The van der Waals surface area contributed by atoms with E-state index in [2.05, 4.69) is 10.1 Å². The lowest BCUT2D eigenvalue weighted by atomic mass is 10.1. The highest BCUT2D eigenvalue weighted by atomic mass is 32.1. The fraction of sp³-hybridized carbons (Fsp3) is 0.455. The topological polar surface area (TPSA) is 68.2 Å². The third kappa shape index (κ3) is 2.32. The van der Waals surface area contributed by atoms with Crippen molar-refractivity contribution < 1.29 is 4.52 Å². The summed E-state index contributed by atoms with van der Waals surface area (Å²) in [4.78, 5) is 7.54. The average Bonchev–Trinajstić information content (AvgIpc) is 2.73. The van der Waals surface area contributed by atoms with Crippen molar-refractivity contribution in [3.8, 4) is 11.5 Å². The van der Waals surface area contributed by atoms with Crippen LogP contribution in [0.4, 0.5) is 5.00 Å². The van der Waals surface area contributed by atoms with Crippen LogP contribution in [0.1, 0.15) is 16.3 Å². The molecule has 0 aromatic carbocycles. The maximum atomic E-state index is 5.97. The molecule has 92 valence electrons. The predicted octanol–water partition coefficient (Wildman–Crippen LogP) is 2.06. The monoisotopic (exact) mass is 252 g/mol. The van der Waals surface area contributed by atoms with Gasteiger partial charge in [0, 0.05) is 4.88 Å². The second kappa shape index (κ2) is 4.46. The van der Waals surface area contributed by atoms with Crippen LogP contribution in [0.2, 0.25) is 0 Å². The maximum absolute atomic E-state index is 5.97. The minimum atomic E-state index is 0.515. The summed E-state index contributed by atoms with van der Waals surface area (Å²) in [6, 6.07) is 0. The second-order valence-corrected chi connectivity index (χ2v) is 5.53. The van der Waals surface area contributed by atoms with E-state index in [9.17, 15) is 0 Å². The predicted molar refractivity (Wildman–Crippen MR) is 68.9 cm³/mol. The lowest BCUT2D eigenvalue weighted by Gasteiger charge is -2.03. The van der Waals surface area contributed by atoms with Crippen LogP contribution in [0.3, 0.4) is 0 Å². The minimum Gasteiger partial charge on any atom is -0.390 e. The highest BCUT2D eigenvalue weighted by Gasteiger charge is 2.18. The molecule has 0 fully saturated rings. The lowest BCUT2D eigenvalue weighted by molar-refractivity contribution is 0.365. The molecule has 0 atom stereocenters. The van der Waals surface area contributed by atoms with Crippen molar-refractivity contribution in [2.75, 3.05) is 19.8 Å². The summed E-state index contributed by atoms with van der Waals surface area (Å²) in [5.74, 6) is 1.19. The first kappa shape index (κ1) is 12.1. The summed E-state index contributed by atoms with van der Waals surface area (Å²) in [6.45, 7) is 4.72. The molecule has 2 aromatic rings. The molecule has 2 N–H and O–H groups in total. The SMILES string of the molecule is Cc1sc(N)c(-c2nc(CN(C)C)no2)c1C. The van der Waals surface area contributed by atoms with Crippen LogP contribution in [-0.4, -0.2) is 29.1 Å². The van der Waals surface area contributed by atoms with Crippen LogP contribution in [0, 0.1) is 13.8 Å². The molecule has 0 spiro atoms. The first-order chi connectivity index (χ1) is 7.99. The number of nitrogens with zero attached hydrogens (tertiary/aromatic N) is 3. The normalized spacial score (nSPS) is 11.4. The average molecular weight is 252 g/mol. The Labute approximate surface area is 104 Å². The van der Waals surface area contributed by atoms with Crippen LogP contribution in [0.15, 0.2) is 4.52 Å². The van der Waals surface area contributed by atoms with E-state index in [0.29, 0.717) is 18.3 Å². The van der Waals surface area contributed by atoms with Crippen molar-refractivity contribution in [3.05, 3.63) is 16.3 Å². The number of hydrogen-bond acceptors (Lipinski definition) is 6. The number of hydrogen-bond donors (Lipinski definition) is 1. The van der Waals surface area contributed by atoms with E-state index in [-0.39, 0.29) is 0 Å². The number of rotatable bonds is 3. The Kier molecular flexibility index (Phi) is 3.17. The molecule has 0 unspecified atom stereocenters. The molecule has 17 heavy (non-hydrogen) atoms. The third-order valence-electron chi connectivity index (χ3n) is 2.55. The largest absolute Gasteiger partial charge is 0.390 e. The van der Waals surface area contributed by atoms with Crippen LogP contribution >= 0.6 is 11.3 Å². The van der Waals surface area contributed by atoms with Gasteiger partial charge in [-0.2, -0.15) is 4.98 Å². The van der Waals surface area contributed by atoms with Crippen LogP contribution in [0.25, 0.3) is 11.5 Å². The number of nitrogen functional groups attached to an aromatic ring is 1. The molecule has 0 aliphatic rings. The highest BCUT2D eigenvalue weighted by Crippen LogP contribution is 2.36. The van der Waals surface area contributed by atoms with Gasteiger partial charge in [-0.15, -0.1) is 11.3 Å². The minimum absolute atomic E-state index is 0.515. The first-order valence-electron chi connectivity index (χ1n) is 5.32. The first-order valence-corrected chi connectivity index (χ1v) is 6.14. The fourth-order valence-corrected chi connectivity index (χ4v) is 2.55. The van der Waals surface area contributed by atoms with Crippen molar-refractivity contribution in [1.82, 2.24) is 15.0 Å². The van der Waals surface area contributed by atoms with Gasteiger partial charge in [0.2, 0.25) is 0 Å². The summed E-state index contributed by atoms with van der Waals surface area (Å²) < 4.78 is 5.27. The highest BCUT2D eigenvalue weighted by molar-refractivity contribution is 7.16. The van der Waals surface area contributed by atoms with Crippen LogP contribution in [-0.2, 0) is 6.54 Å². The van der Waals surface area contributed by atoms with Gasteiger partial charge in [-0.05, 0) is 33.5 Å². The quantitative estimate of drug-likeness (QED) is 0.905. The van der Waals surface area contributed by atoms with Gasteiger partial charge in [0.15, 0.2) is 5.82 Å². The molecular formula is C11H16N4OS. The van der Waals surface area contributed by atoms with E-state index in [1.807, 2.05) is 32.8 Å². The smallest absolute Gasteiger partial charge is 0.261 e. The molecule has 0 aliphatic carbocycles. The number of thiophene rings is 1. The number of aryl methyl sites for hydroxylation is 1. The van der Waals surface area contributed by atoms with Gasteiger partial charge in [0.1, 0.15) is 0 Å². The van der Waals surface area contributed by atoms with Gasteiger partial charge in [0.05, 0.1) is 17.1 Å². The van der Waals surface area contributed by atoms with Gasteiger partial charge in [-0.3, -0.25) is 0 Å². The van der Waals surface area contributed by atoms with Crippen molar-refractivity contribution in [3.63, 3.8) is 0 Å². The summed E-state index contributed by atoms with van der Waals surface area (Å²) >= 11 is 1.55. The molecule has 0 radical (unpaired) electrons. The molecule has 0 saturated heterocycles. The van der Waals surface area contributed by atoms with Crippen molar-refractivity contribution in [2.24, 2.45) is 0 Å². The molecule has 0 aliphatic heterocycles. The Balaban J connectivity index is 2.37. The Morgan fingerprint density at radius 3 is 2.59 bits per heavy atom. The molecule has 2 heterocycles. The van der Waals surface area contributed by atoms with E-state index in [1.54, 1.807) is 11.3 Å². The summed E-state index contributed by atoms with van der Waals surface area (Å²) in [5.41, 5.74) is 7.96. The second-order valence-electron chi connectivity index (χ2n) is 4.28. The Bertz CT molecular complexity index is 530. The molecule has 2 rings (SSSR count). The molecule has 5 nitrogen and oxygen atoms in total. The molecule has 0 amide bonds. The number of anilines is 1. The molecular weight excluding hydrogens is 236 g/mol. The molecule has 2 aromatic heterocycles. The maximum Gasteiger partial charge on any atom is 0.261 e. The lowest BCUT2D eigenvalue weighted by Crippen LogP contribution is -2.11. The Morgan fingerprint density at radius 1 is 1.35 bits per heavy atom. The van der Waals surface area contributed by atoms with E-state index < -0.39 is 0 Å². The fourth-order valence-electron chi connectivity index (χ4n) is 1.62. The number of aromatic nitrogens is 2. The van der Waals surface area contributed by atoms with Gasteiger partial charge in [-0.1, -0.05) is 5.16 Å². The van der Waals surface area contributed by atoms with Gasteiger partial charge < -0.3 is 15.2 Å². The molecule has 0 bridgehead atoms. The van der Waals surface area contributed by atoms with Crippen molar-refractivity contribution in [2.45, 2.75) is 20.4 Å².